The van der Waals surface area contributed by atoms with Crippen molar-refractivity contribution in [1.82, 2.24) is 9.97 Å². The molecule has 1 aromatic carbocycles. The van der Waals surface area contributed by atoms with E-state index in [1.165, 1.54) is 5.69 Å². The van der Waals surface area contributed by atoms with Crippen molar-refractivity contribution in [3.63, 3.8) is 0 Å². The van der Waals surface area contributed by atoms with Gasteiger partial charge in [0.2, 0.25) is 11.8 Å². The van der Waals surface area contributed by atoms with E-state index in [9.17, 15) is 4.79 Å². The van der Waals surface area contributed by atoms with E-state index in [0.717, 1.165) is 76.9 Å². The Morgan fingerprint density at radius 2 is 1.51 bits per heavy atom. The fraction of sp³-hybridized carbons (Fsp3) is 0.607. The molecule has 1 N–H and O–H groups in total. The van der Waals surface area contributed by atoms with Gasteiger partial charge in [0.05, 0.1) is 7.11 Å². The first-order valence-electron chi connectivity index (χ1n) is 13.3. The van der Waals surface area contributed by atoms with E-state index < -0.39 is 0 Å². The number of aromatic nitrogens is 2. The van der Waals surface area contributed by atoms with Gasteiger partial charge in [0.1, 0.15) is 11.5 Å². The highest BCUT2D eigenvalue weighted by atomic mass is 16.5. The normalized spacial score (nSPS) is 10.8. The van der Waals surface area contributed by atoms with Gasteiger partial charge in [0, 0.05) is 38.3 Å². The molecule has 1 amide bonds. The first kappa shape index (κ1) is 28.4. The third-order valence-corrected chi connectivity index (χ3v) is 5.99. The second-order valence-electron chi connectivity index (χ2n) is 9.00. The molecule has 0 unspecified atom stereocenters. The van der Waals surface area contributed by atoms with Crippen LogP contribution in [0, 0.1) is 6.92 Å². The number of para-hydroxylation sites is 1. The number of hydrogen-bond donors (Lipinski definition) is 1. The van der Waals surface area contributed by atoms with E-state index in [4.69, 9.17) is 9.72 Å². The molecule has 0 aliphatic heterocycles. The highest BCUT2D eigenvalue weighted by Crippen LogP contribution is 2.33. The van der Waals surface area contributed by atoms with Crippen LogP contribution in [0.3, 0.4) is 0 Å². The minimum absolute atomic E-state index is 0.0234. The number of nitrogens with zero attached hydrogens (tertiary/aromatic N) is 4. The van der Waals surface area contributed by atoms with Crippen LogP contribution in [0.1, 0.15) is 78.0 Å². The molecule has 0 aliphatic rings. The summed E-state index contributed by atoms with van der Waals surface area (Å²) in [7, 11) is 1.59. The fourth-order valence-electron chi connectivity index (χ4n) is 4.11. The lowest BCUT2D eigenvalue weighted by Crippen LogP contribution is -2.29. The van der Waals surface area contributed by atoms with E-state index in [-0.39, 0.29) is 5.91 Å². The van der Waals surface area contributed by atoms with Crippen molar-refractivity contribution < 1.29 is 9.53 Å². The maximum atomic E-state index is 13.0. The molecule has 194 valence electrons. The Bertz CT molecular complexity index is 867. The number of hydrogen-bond acceptors (Lipinski definition) is 6. The Balaban J connectivity index is 2.05. The maximum absolute atomic E-state index is 13.0. The van der Waals surface area contributed by atoms with Crippen LogP contribution in [0.25, 0.3) is 0 Å². The van der Waals surface area contributed by atoms with Gasteiger partial charge in [0.15, 0.2) is 5.82 Å². The quantitative estimate of drug-likeness (QED) is 0.269. The number of aryl methyl sites for hydroxylation is 1. The molecule has 7 nitrogen and oxygen atoms in total. The molecule has 0 radical (unpaired) electrons. The number of ether oxygens (including phenoxy) is 1. The molecular formula is C28H45N5O2. The smallest absolute Gasteiger partial charge is 0.243 e. The lowest BCUT2D eigenvalue weighted by Gasteiger charge is -2.27. The number of unbranched alkanes of at least 4 members (excludes halogenated alkanes) is 3. The molecule has 2 aromatic rings. The van der Waals surface area contributed by atoms with Crippen LogP contribution in [-0.2, 0) is 4.79 Å². The molecule has 1 aromatic heterocycles. The highest BCUT2D eigenvalue weighted by Gasteiger charge is 2.21. The van der Waals surface area contributed by atoms with Gasteiger partial charge in [-0.25, -0.2) is 4.98 Å². The minimum Gasteiger partial charge on any atom is -0.479 e. The van der Waals surface area contributed by atoms with Gasteiger partial charge in [-0.3, -0.25) is 4.79 Å². The average molecular weight is 484 g/mol. The van der Waals surface area contributed by atoms with E-state index in [1.807, 2.05) is 13.0 Å². The number of rotatable bonds is 17. The number of anilines is 3. The summed E-state index contributed by atoms with van der Waals surface area (Å²) in [6.07, 6.45) is 7.66. The minimum atomic E-state index is -0.0234. The van der Waals surface area contributed by atoms with E-state index in [1.54, 1.807) is 7.11 Å². The van der Waals surface area contributed by atoms with Crippen LogP contribution in [0.2, 0.25) is 0 Å². The number of carbonyl (C=O) groups is 1. The molecule has 1 heterocycles. The van der Waals surface area contributed by atoms with Crippen LogP contribution in [-0.4, -0.2) is 49.2 Å². The zero-order valence-corrected chi connectivity index (χ0v) is 22.5. The van der Waals surface area contributed by atoms with E-state index in [0.29, 0.717) is 23.8 Å². The predicted molar refractivity (Wildman–Crippen MR) is 147 cm³/mol. The number of methoxy groups -OCH3 is 1. The Labute approximate surface area is 212 Å². The third-order valence-electron chi connectivity index (χ3n) is 5.99. The van der Waals surface area contributed by atoms with Crippen molar-refractivity contribution in [2.75, 3.05) is 48.4 Å². The Morgan fingerprint density at radius 1 is 0.857 bits per heavy atom. The third kappa shape index (κ3) is 9.38. The van der Waals surface area contributed by atoms with Crippen molar-refractivity contribution >= 4 is 23.1 Å². The maximum Gasteiger partial charge on any atom is 0.243 e. The summed E-state index contributed by atoms with van der Waals surface area (Å²) < 4.78 is 5.56. The summed E-state index contributed by atoms with van der Waals surface area (Å²) in [5, 5.41) is 3.09. The van der Waals surface area contributed by atoms with Gasteiger partial charge in [-0.2, -0.15) is 4.98 Å². The second-order valence-corrected chi connectivity index (χ2v) is 9.00. The van der Waals surface area contributed by atoms with Gasteiger partial charge in [-0.15, -0.1) is 0 Å². The zero-order valence-electron chi connectivity index (χ0n) is 22.5. The lowest BCUT2D eigenvalue weighted by molar-refractivity contribution is -0.116. The Kier molecular flexibility index (Phi) is 12.9. The summed E-state index contributed by atoms with van der Waals surface area (Å²) in [4.78, 5) is 26.8. The molecule has 0 spiro atoms. The van der Waals surface area contributed by atoms with Gasteiger partial charge in [0.25, 0.3) is 0 Å². The van der Waals surface area contributed by atoms with Crippen LogP contribution in [0.15, 0.2) is 30.3 Å². The zero-order chi connectivity index (χ0) is 25.5. The summed E-state index contributed by atoms with van der Waals surface area (Å²) in [5.41, 5.74) is 1.83. The molecule has 0 fully saturated rings. The van der Waals surface area contributed by atoms with Crippen molar-refractivity contribution in [3.05, 3.63) is 36.2 Å². The second kappa shape index (κ2) is 16.0. The van der Waals surface area contributed by atoms with Crippen LogP contribution in [0.4, 0.5) is 17.2 Å². The van der Waals surface area contributed by atoms with Crippen LogP contribution in [0.5, 0.6) is 5.88 Å². The predicted octanol–water partition coefficient (Wildman–Crippen LogP) is 6.23. The van der Waals surface area contributed by atoms with Crippen molar-refractivity contribution in [2.24, 2.45) is 0 Å². The SMILES string of the molecule is CCCCN(CCCC)c1nc(C)nc(OC)c1NC(=O)CCCCN(CCC)c1ccccc1. The Morgan fingerprint density at radius 3 is 2.11 bits per heavy atom. The summed E-state index contributed by atoms with van der Waals surface area (Å²) in [6.45, 7) is 12.2. The topological polar surface area (TPSA) is 70.6 Å². The number of carbonyl (C=O) groups excluding carboxylic acids is 1. The average Bonchev–Trinajstić information content (AvgIpc) is 2.87. The van der Waals surface area contributed by atoms with Crippen molar-refractivity contribution in [1.29, 1.82) is 0 Å². The fourth-order valence-corrected chi connectivity index (χ4v) is 4.11. The molecule has 0 aliphatic carbocycles. The van der Waals surface area contributed by atoms with E-state index >= 15 is 0 Å². The molecule has 7 heteroatoms. The van der Waals surface area contributed by atoms with Gasteiger partial charge < -0.3 is 19.9 Å². The molecule has 2 rings (SSSR count). The first-order valence-corrected chi connectivity index (χ1v) is 13.3. The number of benzene rings is 1. The molecular weight excluding hydrogens is 438 g/mol. The molecule has 0 bridgehead atoms. The van der Waals surface area contributed by atoms with Gasteiger partial charge in [-0.05, 0) is 51.2 Å². The number of nitrogens with one attached hydrogen (secondary N) is 1. The monoisotopic (exact) mass is 483 g/mol. The first-order chi connectivity index (χ1) is 17.0. The number of amides is 1. The molecule has 0 atom stereocenters. The Hall–Kier alpha value is -2.83. The highest BCUT2D eigenvalue weighted by molar-refractivity contribution is 5.95. The van der Waals surface area contributed by atoms with Crippen LogP contribution < -0.4 is 19.9 Å². The van der Waals surface area contributed by atoms with Gasteiger partial charge in [-0.1, -0.05) is 51.8 Å². The lowest BCUT2D eigenvalue weighted by atomic mass is 10.2. The van der Waals surface area contributed by atoms with E-state index in [2.05, 4.69) is 65.1 Å². The van der Waals surface area contributed by atoms with Crippen molar-refractivity contribution in [3.8, 4) is 5.88 Å². The molecule has 35 heavy (non-hydrogen) atoms. The molecule has 0 saturated carbocycles. The summed E-state index contributed by atoms with van der Waals surface area (Å²) in [6, 6.07) is 10.5. The van der Waals surface area contributed by atoms with Crippen molar-refractivity contribution in [2.45, 2.75) is 79.1 Å². The standard InChI is InChI=1S/C28H45N5O2/c1-6-9-20-33(21-10-7-2)27-26(28(35-5)30-23(4)29-27)31-25(34)18-14-15-22-32(19-8-3)24-16-12-11-13-17-24/h11-13,16-17H,6-10,14-15,18-22H2,1-5H3,(H,31,34). The summed E-state index contributed by atoms with van der Waals surface area (Å²) in [5.74, 6) is 1.81. The van der Waals surface area contributed by atoms with Gasteiger partial charge >= 0.3 is 0 Å². The summed E-state index contributed by atoms with van der Waals surface area (Å²) >= 11 is 0. The molecule has 0 saturated heterocycles. The van der Waals surface area contributed by atoms with Crippen LogP contribution >= 0.6 is 0 Å². The largest absolute Gasteiger partial charge is 0.479 e.